The zero-order chi connectivity index (χ0) is 19.6. The highest BCUT2D eigenvalue weighted by Gasteiger charge is 2.28. The number of hydrogen-bond donors (Lipinski definition) is 2. The number of carbonyl (C=O) groups is 1. The van der Waals surface area contributed by atoms with Crippen molar-refractivity contribution in [1.82, 2.24) is 15.0 Å². The molecule has 4 rings (SSSR count). The van der Waals surface area contributed by atoms with E-state index in [0.717, 1.165) is 43.5 Å². The van der Waals surface area contributed by atoms with Crippen molar-refractivity contribution >= 4 is 27.3 Å². The van der Waals surface area contributed by atoms with E-state index in [9.17, 15) is 13.2 Å². The van der Waals surface area contributed by atoms with Crippen LogP contribution in [0.15, 0.2) is 29.2 Å². The highest BCUT2D eigenvalue weighted by atomic mass is 32.2. The summed E-state index contributed by atoms with van der Waals surface area (Å²) >= 11 is 1.81. The Morgan fingerprint density at radius 2 is 2.04 bits per heavy atom. The third-order valence-corrected chi connectivity index (χ3v) is 7.78. The van der Waals surface area contributed by atoms with Crippen LogP contribution in [-0.4, -0.2) is 31.9 Å². The number of sulfonamides is 1. The molecule has 0 aliphatic heterocycles. The van der Waals surface area contributed by atoms with Gasteiger partial charge in [0.1, 0.15) is 0 Å². The van der Waals surface area contributed by atoms with Crippen molar-refractivity contribution in [3.8, 4) is 0 Å². The fourth-order valence-electron chi connectivity index (χ4n) is 3.35. The van der Waals surface area contributed by atoms with Gasteiger partial charge in [0, 0.05) is 29.4 Å². The first kappa shape index (κ1) is 19.5. The van der Waals surface area contributed by atoms with E-state index in [2.05, 4.69) is 10.0 Å². The predicted molar refractivity (Wildman–Crippen MR) is 109 cm³/mol. The number of benzene rings is 1. The van der Waals surface area contributed by atoms with Crippen LogP contribution >= 0.6 is 11.3 Å². The van der Waals surface area contributed by atoms with Crippen LogP contribution in [0.1, 0.15) is 58.0 Å². The van der Waals surface area contributed by atoms with E-state index in [-0.39, 0.29) is 16.8 Å². The van der Waals surface area contributed by atoms with Crippen molar-refractivity contribution in [2.45, 2.75) is 62.3 Å². The fraction of sp³-hybridized carbons (Fsp3) is 0.500. The van der Waals surface area contributed by atoms with Gasteiger partial charge in [-0.15, -0.1) is 11.3 Å². The summed E-state index contributed by atoms with van der Waals surface area (Å²) in [7, 11) is -3.55. The van der Waals surface area contributed by atoms with Crippen molar-refractivity contribution in [1.29, 1.82) is 0 Å². The van der Waals surface area contributed by atoms with E-state index >= 15 is 0 Å². The highest BCUT2D eigenvalue weighted by Crippen LogP contribution is 2.27. The van der Waals surface area contributed by atoms with Gasteiger partial charge in [-0.2, -0.15) is 0 Å². The normalized spacial score (nSPS) is 16.6. The van der Waals surface area contributed by atoms with Gasteiger partial charge >= 0.3 is 0 Å². The number of hydrogen-bond acceptors (Lipinski definition) is 5. The predicted octanol–water partition coefficient (Wildman–Crippen LogP) is 2.83. The monoisotopic (exact) mass is 419 g/mol. The molecule has 2 aliphatic rings. The van der Waals surface area contributed by atoms with E-state index < -0.39 is 10.0 Å². The van der Waals surface area contributed by atoms with Gasteiger partial charge in [-0.3, -0.25) is 4.79 Å². The zero-order valence-electron chi connectivity index (χ0n) is 15.7. The first-order valence-electron chi connectivity index (χ1n) is 9.89. The van der Waals surface area contributed by atoms with Gasteiger partial charge < -0.3 is 5.32 Å². The molecule has 150 valence electrons. The minimum atomic E-state index is -3.55. The molecule has 28 heavy (non-hydrogen) atoms. The van der Waals surface area contributed by atoms with Crippen LogP contribution in [0.5, 0.6) is 0 Å². The molecule has 0 unspecified atom stereocenters. The Labute approximate surface area is 169 Å². The first-order valence-corrected chi connectivity index (χ1v) is 12.2. The quantitative estimate of drug-likeness (QED) is 0.644. The molecule has 2 N–H and O–H groups in total. The average molecular weight is 420 g/mol. The summed E-state index contributed by atoms with van der Waals surface area (Å²) in [5, 5.41) is 4.04. The van der Waals surface area contributed by atoms with Gasteiger partial charge in [0.05, 0.1) is 15.6 Å². The number of fused-ring (bicyclic) bond motifs is 1. The smallest absolute Gasteiger partial charge is 0.251 e. The molecule has 1 saturated carbocycles. The minimum absolute atomic E-state index is 0.0408. The minimum Gasteiger partial charge on any atom is -0.352 e. The SMILES string of the molecule is O=C(NCCCc1nc2c(s1)CCCC2)c1cccc(S(=O)(=O)NC2CC2)c1. The molecule has 0 bridgehead atoms. The van der Waals surface area contributed by atoms with E-state index in [1.54, 1.807) is 12.1 Å². The van der Waals surface area contributed by atoms with Crippen LogP contribution in [-0.2, 0) is 29.3 Å². The lowest BCUT2D eigenvalue weighted by atomic mass is 10.0. The van der Waals surface area contributed by atoms with Crippen LogP contribution in [0, 0.1) is 0 Å². The Balaban J connectivity index is 1.29. The molecule has 8 heteroatoms. The first-order chi connectivity index (χ1) is 13.5. The molecule has 0 spiro atoms. The van der Waals surface area contributed by atoms with Gasteiger partial charge in [0.2, 0.25) is 10.0 Å². The summed E-state index contributed by atoms with van der Waals surface area (Å²) in [4.78, 5) is 18.7. The molecule has 2 aliphatic carbocycles. The topological polar surface area (TPSA) is 88.2 Å². The van der Waals surface area contributed by atoms with Crippen LogP contribution < -0.4 is 10.0 Å². The lowest BCUT2D eigenvalue weighted by Crippen LogP contribution is -2.27. The van der Waals surface area contributed by atoms with E-state index in [1.807, 2.05) is 11.3 Å². The zero-order valence-corrected chi connectivity index (χ0v) is 17.4. The number of aromatic nitrogens is 1. The largest absolute Gasteiger partial charge is 0.352 e. The Kier molecular flexibility index (Phi) is 5.80. The van der Waals surface area contributed by atoms with Crippen molar-refractivity contribution in [2.75, 3.05) is 6.54 Å². The lowest BCUT2D eigenvalue weighted by Gasteiger charge is -2.08. The molecule has 6 nitrogen and oxygen atoms in total. The molecule has 1 fully saturated rings. The third kappa shape index (κ3) is 4.79. The molecule has 1 amide bonds. The summed E-state index contributed by atoms with van der Waals surface area (Å²) in [6.07, 6.45) is 8.17. The standard InChI is InChI=1S/C20H25N3O3S2/c24-20(14-5-3-6-16(13-14)28(25,26)23-15-10-11-15)21-12-4-9-19-22-17-7-1-2-8-18(17)27-19/h3,5-6,13,15,23H,1-2,4,7-12H2,(H,21,24). The molecular weight excluding hydrogens is 394 g/mol. The second-order valence-corrected chi connectivity index (χ2v) is 10.3. The fourth-order valence-corrected chi connectivity index (χ4v) is 5.90. The van der Waals surface area contributed by atoms with Gasteiger partial charge in [-0.05, 0) is 63.1 Å². The molecule has 0 radical (unpaired) electrons. The average Bonchev–Trinajstić information content (AvgIpc) is 3.39. The molecule has 1 aromatic heterocycles. The summed E-state index contributed by atoms with van der Waals surface area (Å²) in [6.45, 7) is 0.542. The Morgan fingerprint density at radius 1 is 1.21 bits per heavy atom. The maximum absolute atomic E-state index is 12.4. The second kappa shape index (κ2) is 8.31. The molecule has 2 aromatic rings. The summed E-state index contributed by atoms with van der Waals surface area (Å²) in [6, 6.07) is 6.25. The number of rotatable bonds is 8. The Morgan fingerprint density at radius 3 is 2.82 bits per heavy atom. The molecule has 1 aromatic carbocycles. The van der Waals surface area contributed by atoms with Crippen molar-refractivity contribution in [2.24, 2.45) is 0 Å². The van der Waals surface area contributed by atoms with Crippen molar-refractivity contribution in [3.05, 3.63) is 45.4 Å². The highest BCUT2D eigenvalue weighted by molar-refractivity contribution is 7.89. The Bertz CT molecular complexity index is 941. The van der Waals surface area contributed by atoms with E-state index in [1.165, 1.54) is 35.5 Å². The lowest BCUT2D eigenvalue weighted by molar-refractivity contribution is 0.0953. The van der Waals surface area contributed by atoms with Crippen LogP contribution in [0.2, 0.25) is 0 Å². The van der Waals surface area contributed by atoms with Crippen LogP contribution in [0.4, 0.5) is 0 Å². The van der Waals surface area contributed by atoms with Crippen molar-refractivity contribution < 1.29 is 13.2 Å². The van der Waals surface area contributed by atoms with Crippen molar-refractivity contribution in [3.63, 3.8) is 0 Å². The van der Waals surface area contributed by atoms with Crippen LogP contribution in [0.25, 0.3) is 0 Å². The van der Waals surface area contributed by atoms with Gasteiger partial charge in [0.15, 0.2) is 0 Å². The molecule has 1 heterocycles. The number of nitrogens with one attached hydrogen (secondary N) is 2. The molecule has 0 saturated heterocycles. The number of aryl methyl sites for hydroxylation is 3. The number of amides is 1. The summed E-state index contributed by atoms with van der Waals surface area (Å²) in [5.74, 6) is -0.248. The molecular formula is C20H25N3O3S2. The Hall–Kier alpha value is -1.77. The van der Waals surface area contributed by atoms with Gasteiger partial charge in [-0.1, -0.05) is 6.07 Å². The van der Waals surface area contributed by atoms with Gasteiger partial charge in [0.25, 0.3) is 5.91 Å². The number of nitrogens with zero attached hydrogens (tertiary/aromatic N) is 1. The summed E-state index contributed by atoms with van der Waals surface area (Å²) < 4.78 is 27.3. The van der Waals surface area contributed by atoms with E-state index in [0.29, 0.717) is 12.1 Å². The second-order valence-electron chi connectivity index (χ2n) is 7.47. The van der Waals surface area contributed by atoms with Crippen LogP contribution in [0.3, 0.4) is 0 Å². The number of thiazole rings is 1. The maximum Gasteiger partial charge on any atom is 0.251 e. The molecule has 0 atom stereocenters. The maximum atomic E-state index is 12.4. The third-order valence-electron chi connectivity index (χ3n) is 5.05. The summed E-state index contributed by atoms with van der Waals surface area (Å²) in [5.41, 5.74) is 1.64. The number of carbonyl (C=O) groups excluding carboxylic acids is 1. The van der Waals surface area contributed by atoms with E-state index in [4.69, 9.17) is 4.98 Å². The van der Waals surface area contributed by atoms with Gasteiger partial charge in [-0.25, -0.2) is 18.1 Å².